The van der Waals surface area contributed by atoms with Crippen molar-refractivity contribution in [3.63, 3.8) is 0 Å². The number of nitrogens with zero attached hydrogens (tertiary/aromatic N) is 2. The fraction of sp³-hybridized carbons (Fsp3) is 0.600. The third-order valence-corrected chi connectivity index (χ3v) is 2.19. The van der Waals surface area contributed by atoms with E-state index in [1.54, 1.807) is 11.5 Å². The maximum Gasteiger partial charge on any atom is 0.326 e. The van der Waals surface area contributed by atoms with Crippen molar-refractivity contribution in [3.05, 3.63) is 27.4 Å². The Morgan fingerprint density at radius 1 is 1.36 bits per heavy atom. The summed E-state index contributed by atoms with van der Waals surface area (Å²) in [6, 6.07) is 1.85. The predicted octanol–water partition coefficient (Wildman–Crippen LogP) is 2.77. The smallest absolute Gasteiger partial charge is 0.326 e. The van der Waals surface area contributed by atoms with Crippen LogP contribution in [0.5, 0.6) is 0 Å². The number of aromatic nitrogens is 1. The van der Waals surface area contributed by atoms with E-state index in [1.807, 2.05) is 33.8 Å². The minimum absolute atomic E-state index is 0.204. The van der Waals surface area contributed by atoms with Crippen LogP contribution >= 0.6 is 0 Å². The van der Waals surface area contributed by atoms with Gasteiger partial charge in [-0.25, -0.2) is 4.57 Å². The number of nitro groups is 1. The molecule has 0 aliphatic carbocycles. The Bertz CT molecular complexity index is 372. The quantitative estimate of drug-likeness (QED) is 0.512. The molecule has 0 unspecified atom stereocenters. The third-order valence-electron chi connectivity index (χ3n) is 2.19. The molecule has 0 N–H and O–H groups in total. The fourth-order valence-electron chi connectivity index (χ4n) is 1.86. The summed E-state index contributed by atoms with van der Waals surface area (Å²) in [5, 5.41) is 10.9. The Morgan fingerprint density at radius 2 is 1.86 bits per heavy atom. The van der Waals surface area contributed by atoms with Gasteiger partial charge in [0.1, 0.15) is 11.2 Å². The van der Waals surface area contributed by atoms with Crippen molar-refractivity contribution in [1.29, 1.82) is 0 Å². The molecular weight excluding hydrogens is 180 g/mol. The zero-order valence-electron chi connectivity index (χ0n) is 9.29. The average Bonchev–Trinajstić information content (AvgIpc) is 2.23. The fourth-order valence-corrected chi connectivity index (χ4v) is 1.86. The second kappa shape index (κ2) is 3.12. The minimum atomic E-state index is -0.312. The van der Waals surface area contributed by atoms with Crippen LogP contribution in [0.1, 0.15) is 32.0 Å². The first kappa shape index (κ1) is 10.8. The summed E-state index contributed by atoms with van der Waals surface area (Å²) in [4.78, 5) is 10.6. The SMILES string of the molecule is Cc1cc(C)n(C(C)(C)C)c1[N+](=O)[O-]. The van der Waals surface area contributed by atoms with Gasteiger partial charge in [-0.3, -0.25) is 0 Å². The molecule has 0 aliphatic heterocycles. The van der Waals surface area contributed by atoms with E-state index in [4.69, 9.17) is 0 Å². The van der Waals surface area contributed by atoms with Crippen LogP contribution in [0.2, 0.25) is 0 Å². The van der Waals surface area contributed by atoms with Crippen molar-refractivity contribution in [3.8, 4) is 0 Å². The molecule has 4 nitrogen and oxygen atoms in total. The predicted molar refractivity (Wildman–Crippen MR) is 55.6 cm³/mol. The highest BCUT2D eigenvalue weighted by atomic mass is 16.6. The highest BCUT2D eigenvalue weighted by molar-refractivity contribution is 5.38. The van der Waals surface area contributed by atoms with Crippen LogP contribution in [0.4, 0.5) is 5.82 Å². The Hall–Kier alpha value is -1.32. The van der Waals surface area contributed by atoms with Crippen molar-refractivity contribution in [2.75, 3.05) is 0 Å². The van der Waals surface area contributed by atoms with Crippen LogP contribution in [-0.2, 0) is 5.54 Å². The summed E-state index contributed by atoms with van der Waals surface area (Å²) < 4.78 is 1.77. The Labute approximate surface area is 83.7 Å². The average molecular weight is 196 g/mol. The first-order valence-corrected chi connectivity index (χ1v) is 4.59. The zero-order chi connectivity index (χ0) is 11.1. The number of hydrogen-bond donors (Lipinski definition) is 0. The van der Waals surface area contributed by atoms with Crippen molar-refractivity contribution in [1.82, 2.24) is 4.57 Å². The van der Waals surface area contributed by atoms with Gasteiger partial charge in [-0.1, -0.05) is 0 Å². The van der Waals surface area contributed by atoms with Crippen molar-refractivity contribution in [2.24, 2.45) is 0 Å². The van der Waals surface area contributed by atoms with Gasteiger partial charge in [0, 0.05) is 5.56 Å². The van der Waals surface area contributed by atoms with Gasteiger partial charge in [-0.05, 0) is 45.6 Å². The Balaban J connectivity index is 3.48. The van der Waals surface area contributed by atoms with Gasteiger partial charge in [0.05, 0.1) is 0 Å². The Kier molecular flexibility index (Phi) is 2.39. The zero-order valence-corrected chi connectivity index (χ0v) is 9.29. The molecule has 0 aliphatic rings. The number of aryl methyl sites for hydroxylation is 2. The lowest BCUT2D eigenvalue weighted by Crippen LogP contribution is -2.24. The van der Waals surface area contributed by atoms with E-state index in [9.17, 15) is 10.1 Å². The number of hydrogen-bond acceptors (Lipinski definition) is 2. The molecular formula is C10H16N2O2. The molecule has 0 saturated carbocycles. The van der Waals surface area contributed by atoms with Crippen LogP contribution < -0.4 is 0 Å². The van der Waals surface area contributed by atoms with E-state index in [0.29, 0.717) is 0 Å². The molecule has 0 spiro atoms. The molecule has 0 bridgehead atoms. The lowest BCUT2D eigenvalue weighted by atomic mass is 10.1. The summed E-state index contributed by atoms with van der Waals surface area (Å²) >= 11 is 0. The Morgan fingerprint density at radius 3 is 2.14 bits per heavy atom. The molecule has 0 atom stereocenters. The highest BCUT2D eigenvalue weighted by Crippen LogP contribution is 2.29. The molecule has 0 fully saturated rings. The van der Waals surface area contributed by atoms with Gasteiger partial charge in [0.25, 0.3) is 0 Å². The van der Waals surface area contributed by atoms with E-state index in [2.05, 4.69) is 0 Å². The number of rotatable bonds is 1. The topological polar surface area (TPSA) is 48.1 Å². The van der Waals surface area contributed by atoms with Gasteiger partial charge >= 0.3 is 5.82 Å². The van der Waals surface area contributed by atoms with E-state index >= 15 is 0 Å². The second-order valence-electron chi connectivity index (χ2n) is 4.56. The lowest BCUT2D eigenvalue weighted by Gasteiger charge is -2.19. The molecule has 1 aromatic rings. The van der Waals surface area contributed by atoms with Crippen LogP contribution in [0, 0.1) is 24.0 Å². The maximum atomic E-state index is 10.9. The minimum Gasteiger partial charge on any atom is -0.358 e. The van der Waals surface area contributed by atoms with E-state index < -0.39 is 0 Å². The molecule has 0 radical (unpaired) electrons. The van der Waals surface area contributed by atoms with Crippen LogP contribution in [0.3, 0.4) is 0 Å². The standard InChI is InChI=1S/C10H16N2O2/c1-7-6-8(2)11(10(3,4)5)9(7)12(13)14/h6H,1-5H3. The van der Waals surface area contributed by atoms with E-state index in [1.165, 1.54) is 0 Å². The van der Waals surface area contributed by atoms with Gasteiger partial charge in [0.2, 0.25) is 0 Å². The van der Waals surface area contributed by atoms with Crippen molar-refractivity contribution >= 4 is 5.82 Å². The molecule has 14 heavy (non-hydrogen) atoms. The van der Waals surface area contributed by atoms with Crippen molar-refractivity contribution in [2.45, 2.75) is 40.2 Å². The summed E-state index contributed by atoms with van der Waals surface area (Å²) in [6.07, 6.45) is 0. The largest absolute Gasteiger partial charge is 0.358 e. The maximum absolute atomic E-state index is 10.9. The monoisotopic (exact) mass is 196 g/mol. The van der Waals surface area contributed by atoms with E-state index in [-0.39, 0.29) is 16.3 Å². The molecule has 78 valence electrons. The molecule has 1 aromatic heterocycles. The molecule has 1 heterocycles. The third kappa shape index (κ3) is 1.64. The second-order valence-corrected chi connectivity index (χ2v) is 4.56. The van der Waals surface area contributed by atoms with Crippen molar-refractivity contribution < 1.29 is 4.92 Å². The summed E-state index contributed by atoms with van der Waals surface area (Å²) in [5.74, 6) is 0.204. The molecule has 0 aromatic carbocycles. The summed E-state index contributed by atoms with van der Waals surface area (Å²) in [6.45, 7) is 9.56. The normalized spacial score (nSPS) is 11.8. The van der Waals surface area contributed by atoms with Crippen LogP contribution in [0.15, 0.2) is 6.07 Å². The molecule has 4 heteroatoms. The van der Waals surface area contributed by atoms with Crippen LogP contribution in [0.25, 0.3) is 0 Å². The molecule has 1 rings (SSSR count). The molecule has 0 amide bonds. The van der Waals surface area contributed by atoms with Gasteiger partial charge in [0.15, 0.2) is 0 Å². The highest BCUT2D eigenvalue weighted by Gasteiger charge is 2.29. The summed E-state index contributed by atoms with van der Waals surface area (Å²) in [5.41, 5.74) is 1.41. The van der Waals surface area contributed by atoms with Gasteiger partial charge in [-0.2, -0.15) is 0 Å². The summed E-state index contributed by atoms with van der Waals surface area (Å²) in [7, 11) is 0. The van der Waals surface area contributed by atoms with Gasteiger partial charge in [-0.15, -0.1) is 0 Å². The van der Waals surface area contributed by atoms with Crippen LogP contribution in [-0.4, -0.2) is 9.49 Å². The lowest BCUT2D eigenvalue weighted by molar-refractivity contribution is -0.393. The first-order valence-electron chi connectivity index (χ1n) is 4.59. The van der Waals surface area contributed by atoms with Gasteiger partial charge < -0.3 is 10.1 Å². The first-order chi connectivity index (χ1) is 6.25. The van der Waals surface area contributed by atoms with E-state index in [0.717, 1.165) is 11.3 Å². The molecule has 0 saturated heterocycles.